The third kappa shape index (κ3) is 1.89. The van der Waals surface area contributed by atoms with Crippen LogP contribution in [0.25, 0.3) is 0 Å². The topological polar surface area (TPSA) is 3.24 Å². The van der Waals surface area contributed by atoms with Crippen molar-refractivity contribution in [1.29, 1.82) is 0 Å². The molecule has 1 aromatic rings. The average Bonchev–Trinajstić information content (AvgIpc) is 2.55. The molecule has 1 aromatic carbocycles. The summed E-state index contributed by atoms with van der Waals surface area (Å²) in [5.74, 6) is 0.686. The molecule has 0 saturated carbocycles. The molecule has 1 nitrogen and oxygen atoms in total. The maximum absolute atomic E-state index is 2.62. The van der Waals surface area contributed by atoms with Gasteiger partial charge in [-0.2, -0.15) is 0 Å². The Balaban J connectivity index is 2.42. The molecule has 2 rings (SSSR count). The second-order valence-electron chi connectivity index (χ2n) is 5.66. The SMILES string of the molecule is Cc1ccc2c(c1)C(C(C)C)N(C(C)C)C2. The lowest BCUT2D eigenvalue weighted by molar-refractivity contribution is 0.132. The Labute approximate surface area is 99.5 Å². The zero-order valence-corrected chi connectivity index (χ0v) is 11.1. The summed E-state index contributed by atoms with van der Waals surface area (Å²) in [6.07, 6.45) is 0. The quantitative estimate of drug-likeness (QED) is 0.726. The molecule has 1 heteroatoms. The molecule has 1 aliphatic rings. The number of hydrogen-bond donors (Lipinski definition) is 0. The van der Waals surface area contributed by atoms with Gasteiger partial charge in [-0.25, -0.2) is 0 Å². The van der Waals surface area contributed by atoms with Crippen molar-refractivity contribution in [1.82, 2.24) is 4.90 Å². The number of nitrogens with zero attached hydrogens (tertiary/aromatic N) is 1. The van der Waals surface area contributed by atoms with Gasteiger partial charge in [0.1, 0.15) is 0 Å². The monoisotopic (exact) mass is 217 g/mol. The molecule has 1 atom stereocenters. The Kier molecular flexibility index (Phi) is 3.07. The van der Waals surface area contributed by atoms with E-state index in [-0.39, 0.29) is 0 Å². The van der Waals surface area contributed by atoms with Crippen molar-refractivity contribution in [2.45, 2.75) is 53.2 Å². The van der Waals surface area contributed by atoms with E-state index < -0.39 is 0 Å². The molecule has 1 aliphatic heterocycles. The zero-order valence-electron chi connectivity index (χ0n) is 11.1. The van der Waals surface area contributed by atoms with Crippen LogP contribution in [0.3, 0.4) is 0 Å². The number of fused-ring (bicyclic) bond motifs is 1. The third-order valence-corrected chi connectivity index (χ3v) is 3.63. The Hall–Kier alpha value is -0.820. The van der Waals surface area contributed by atoms with Crippen LogP contribution in [0.15, 0.2) is 18.2 Å². The first-order chi connectivity index (χ1) is 7.50. The Bertz CT molecular complexity index is 379. The van der Waals surface area contributed by atoms with Crippen LogP contribution in [-0.2, 0) is 6.54 Å². The van der Waals surface area contributed by atoms with E-state index in [4.69, 9.17) is 0 Å². The minimum absolute atomic E-state index is 0.606. The van der Waals surface area contributed by atoms with E-state index in [1.165, 1.54) is 11.1 Å². The Morgan fingerprint density at radius 2 is 1.88 bits per heavy atom. The fourth-order valence-electron chi connectivity index (χ4n) is 2.85. The highest BCUT2D eigenvalue weighted by Gasteiger charge is 2.33. The van der Waals surface area contributed by atoms with Gasteiger partial charge in [0.25, 0.3) is 0 Å². The van der Waals surface area contributed by atoms with E-state index in [0.717, 1.165) is 6.54 Å². The summed E-state index contributed by atoms with van der Waals surface area (Å²) in [7, 11) is 0. The van der Waals surface area contributed by atoms with Gasteiger partial charge in [0.2, 0.25) is 0 Å². The van der Waals surface area contributed by atoms with Gasteiger partial charge in [-0.3, -0.25) is 4.90 Å². The van der Waals surface area contributed by atoms with Crippen LogP contribution in [0.5, 0.6) is 0 Å². The number of rotatable bonds is 2. The highest BCUT2D eigenvalue weighted by Crippen LogP contribution is 2.40. The maximum Gasteiger partial charge on any atom is 0.0380 e. The zero-order chi connectivity index (χ0) is 11.9. The lowest BCUT2D eigenvalue weighted by atomic mass is 9.94. The summed E-state index contributed by atoms with van der Waals surface area (Å²) in [4.78, 5) is 2.62. The minimum atomic E-state index is 0.606. The molecule has 16 heavy (non-hydrogen) atoms. The fourth-order valence-corrected chi connectivity index (χ4v) is 2.85. The smallest absolute Gasteiger partial charge is 0.0380 e. The lowest BCUT2D eigenvalue weighted by Gasteiger charge is -2.31. The van der Waals surface area contributed by atoms with Gasteiger partial charge in [-0.15, -0.1) is 0 Å². The first-order valence-electron chi connectivity index (χ1n) is 6.36. The van der Waals surface area contributed by atoms with E-state index >= 15 is 0 Å². The van der Waals surface area contributed by atoms with Gasteiger partial charge in [0.15, 0.2) is 0 Å². The normalized spacial score (nSPS) is 20.8. The predicted octanol–water partition coefficient (Wildman–Crippen LogP) is 3.92. The highest BCUT2D eigenvalue weighted by atomic mass is 15.2. The third-order valence-electron chi connectivity index (χ3n) is 3.63. The summed E-state index contributed by atoms with van der Waals surface area (Å²) in [5.41, 5.74) is 4.47. The molecule has 0 bridgehead atoms. The van der Waals surface area contributed by atoms with Crippen molar-refractivity contribution in [2.75, 3.05) is 0 Å². The molecule has 0 saturated heterocycles. The van der Waals surface area contributed by atoms with Crippen molar-refractivity contribution in [2.24, 2.45) is 5.92 Å². The molecular weight excluding hydrogens is 194 g/mol. The molecule has 0 aliphatic carbocycles. The summed E-state index contributed by atoms with van der Waals surface area (Å²) < 4.78 is 0. The van der Waals surface area contributed by atoms with Crippen LogP contribution >= 0.6 is 0 Å². The van der Waals surface area contributed by atoms with Crippen molar-refractivity contribution in [3.05, 3.63) is 34.9 Å². The van der Waals surface area contributed by atoms with Crippen LogP contribution in [-0.4, -0.2) is 10.9 Å². The summed E-state index contributed by atoms with van der Waals surface area (Å²) in [6.45, 7) is 12.6. The van der Waals surface area contributed by atoms with E-state index in [2.05, 4.69) is 57.7 Å². The summed E-state index contributed by atoms with van der Waals surface area (Å²) >= 11 is 0. The van der Waals surface area contributed by atoms with Crippen molar-refractivity contribution in [3.63, 3.8) is 0 Å². The van der Waals surface area contributed by atoms with Gasteiger partial charge >= 0.3 is 0 Å². The fraction of sp³-hybridized carbons (Fsp3) is 0.600. The van der Waals surface area contributed by atoms with Crippen LogP contribution in [0.2, 0.25) is 0 Å². The Morgan fingerprint density at radius 3 is 2.44 bits per heavy atom. The molecule has 0 radical (unpaired) electrons. The minimum Gasteiger partial charge on any atom is -0.289 e. The van der Waals surface area contributed by atoms with E-state index in [9.17, 15) is 0 Å². The van der Waals surface area contributed by atoms with Crippen molar-refractivity contribution >= 4 is 0 Å². The van der Waals surface area contributed by atoms with Crippen LogP contribution < -0.4 is 0 Å². The second-order valence-corrected chi connectivity index (χ2v) is 5.66. The first kappa shape index (κ1) is 11.7. The molecule has 0 amide bonds. The van der Waals surface area contributed by atoms with E-state index in [0.29, 0.717) is 18.0 Å². The first-order valence-corrected chi connectivity index (χ1v) is 6.36. The van der Waals surface area contributed by atoms with Gasteiger partial charge in [0, 0.05) is 18.6 Å². The van der Waals surface area contributed by atoms with Crippen LogP contribution in [0.4, 0.5) is 0 Å². The van der Waals surface area contributed by atoms with Gasteiger partial charge in [0.05, 0.1) is 0 Å². The standard InChI is InChI=1S/C15H23N/c1-10(2)15-14-8-12(5)6-7-13(14)9-16(15)11(3)4/h6-8,10-11,15H,9H2,1-5H3. The average molecular weight is 217 g/mol. The largest absolute Gasteiger partial charge is 0.289 e. The maximum atomic E-state index is 2.62. The van der Waals surface area contributed by atoms with Crippen molar-refractivity contribution in [3.8, 4) is 0 Å². The molecule has 88 valence electrons. The molecule has 1 heterocycles. The molecule has 0 N–H and O–H groups in total. The number of benzene rings is 1. The van der Waals surface area contributed by atoms with Gasteiger partial charge in [-0.1, -0.05) is 37.6 Å². The molecule has 0 aromatic heterocycles. The number of hydrogen-bond acceptors (Lipinski definition) is 1. The second kappa shape index (κ2) is 4.21. The van der Waals surface area contributed by atoms with Crippen LogP contribution in [0.1, 0.15) is 50.4 Å². The van der Waals surface area contributed by atoms with Gasteiger partial charge < -0.3 is 0 Å². The number of aryl methyl sites for hydroxylation is 1. The summed E-state index contributed by atoms with van der Waals surface area (Å²) in [5, 5.41) is 0. The molecular formula is C15H23N. The van der Waals surface area contributed by atoms with Crippen LogP contribution in [0, 0.1) is 12.8 Å². The molecule has 0 fully saturated rings. The van der Waals surface area contributed by atoms with E-state index in [1.807, 2.05) is 0 Å². The Morgan fingerprint density at radius 1 is 1.19 bits per heavy atom. The van der Waals surface area contributed by atoms with E-state index in [1.54, 1.807) is 5.56 Å². The van der Waals surface area contributed by atoms with Crippen molar-refractivity contribution < 1.29 is 0 Å². The predicted molar refractivity (Wildman–Crippen MR) is 69.4 cm³/mol. The molecule has 0 spiro atoms. The lowest BCUT2D eigenvalue weighted by Crippen LogP contribution is -2.31. The highest BCUT2D eigenvalue weighted by molar-refractivity contribution is 5.37. The van der Waals surface area contributed by atoms with Gasteiger partial charge in [-0.05, 0) is 37.8 Å². The summed E-state index contributed by atoms with van der Waals surface area (Å²) in [6, 6.07) is 8.15. The molecule has 1 unspecified atom stereocenters.